The molecule has 0 radical (unpaired) electrons. The molecular weight excluding hydrogens is 389 g/mol. The summed E-state index contributed by atoms with van der Waals surface area (Å²) in [6, 6.07) is 14.6. The molecule has 3 rings (SSSR count). The van der Waals surface area contributed by atoms with Crippen molar-refractivity contribution in [1.29, 1.82) is 0 Å². The molecule has 0 bridgehead atoms. The smallest absolute Gasteiger partial charge is 0.219 e. The predicted octanol–water partition coefficient (Wildman–Crippen LogP) is 5.81. The summed E-state index contributed by atoms with van der Waals surface area (Å²) in [4.78, 5) is 14.4. The second-order valence-electron chi connectivity index (χ2n) is 8.41. The molecule has 5 heteroatoms. The Labute approximate surface area is 177 Å². The summed E-state index contributed by atoms with van der Waals surface area (Å²) in [6.45, 7) is 7.09. The zero-order valence-electron chi connectivity index (χ0n) is 17.3. The van der Waals surface area contributed by atoms with E-state index < -0.39 is 0 Å². The standard InChI is InChI=1S/C24H29ClFNO2/c1-17(28)27(22-13-15-29-24(2,3)16-22)14-12-23(18-4-8-20(25)9-5-18)19-6-10-21(26)11-7-19/h4-11,22-23H,12-16H2,1-3H3/t22-,23+/m1/s1. The minimum absolute atomic E-state index is 0.0579. The number of benzene rings is 2. The van der Waals surface area contributed by atoms with Gasteiger partial charge in [0.25, 0.3) is 0 Å². The third kappa shape index (κ3) is 5.80. The minimum atomic E-state index is -0.251. The third-order valence-electron chi connectivity index (χ3n) is 5.72. The van der Waals surface area contributed by atoms with Gasteiger partial charge in [-0.25, -0.2) is 4.39 Å². The lowest BCUT2D eigenvalue weighted by molar-refractivity contribution is -0.138. The number of halogens is 2. The van der Waals surface area contributed by atoms with Crippen LogP contribution in [0.4, 0.5) is 4.39 Å². The van der Waals surface area contributed by atoms with Crippen molar-refractivity contribution in [3.63, 3.8) is 0 Å². The molecule has 1 saturated heterocycles. The van der Waals surface area contributed by atoms with Crippen molar-refractivity contribution in [2.24, 2.45) is 0 Å². The fourth-order valence-corrected chi connectivity index (χ4v) is 4.37. The molecule has 0 aromatic heterocycles. The number of carbonyl (C=O) groups is 1. The Morgan fingerprint density at radius 2 is 1.76 bits per heavy atom. The highest BCUT2D eigenvalue weighted by molar-refractivity contribution is 6.30. The van der Waals surface area contributed by atoms with E-state index in [0.717, 1.165) is 30.4 Å². The Morgan fingerprint density at radius 1 is 1.17 bits per heavy atom. The number of rotatable bonds is 6. The van der Waals surface area contributed by atoms with Crippen molar-refractivity contribution in [3.05, 3.63) is 70.5 Å². The van der Waals surface area contributed by atoms with Gasteiger partial charge in [0.05, 0.1) is 5.60 Å². The lowest BCUT2D eigenvalue weighted by Crippen LogP contribution is -2.48. The molecule has 1 heterocycles. The Balaban J connectivity index is 1.81. The van der Waals surface area contributed by atoms with Gasteiger partial charge in [0.15, 0.2) is 0 Å². The topological polar surface area (TPSA) is 29.5 Å². The van der Waals surface area contributed by atoms with E-state index in [1.54, 1.807) is 6.92 Å². The highest BCUT2D eigenvalue weighted by Gasteiger charge is 2.33. The van der Waals surface area contributed by atoms with Gasteiger partial charge in [0.2, 0.25) is 5.91 Å². The van der Waals surface area contributed by atoms with E-state index in [-0.39, 0.29) is 29.3 Å². The molecule has 0 aliphatic carbocycles. The Kier molecular flexibility index (Phi) is 6.97. The lowest BCUT2D eigenvalue weighted by atomic mass is 9.87. The first-order valence-corrected chi connectivity index (χ1v) is 10.5. The van der Waals surface area contributed by atoms with Gasteiger partial charge in [0.1, 0.15) is 5.82 Å². The van der Waals surface area contributed by atoms with Gasteiger partial charge in [-0.1, -0.05) is 35.9 Å². The molecule has 1 aliphatic rings. The molecule has 3 nitrogen and oxygen atoms in total. The fraction of sp³-hybridized carbons (Fsp3) is 0.458. The molecule has 1 aliphatic heterocycles. The first kappa shape index (κ1) is 21.8. The van der Waals surface area contributed by atoms with Gasteiger partial charge in [-0.2, -0.15) is 0 Å². The van der Waals surface area contributed by atoms with Gasteiger partial charge < -0.3 is 9.64 Å². The maximum atomic E-state index is 13.5. The third-order valence-corrected chi connectivity index (χ3v) is 5.97. The largest absolute Gasteiger partial charge is 0.375 e. The number of hydrogen-bond acceptors (Lipinski definition) is 2. The van der Waals surface area contributed by atoms with Crippen LogP contribution in [0.2, 0.25) is 5.02 Å². The van der Waals surface area contributed by atoms with Crippen LogP contribution < -0.4 is 0 Å². The Bertz CT molecular complexity index is 774. The van der Waals surface area contributed by atoms with Gasteiger partial charge in [-0.3, -0.25) is 4.79 Å². The van der Waals surface area contributed by atoms with Gasteiger partial charge in [-0.15, -0.1) is 0 Å². The van der Waals surface area contributed by atoms with Crippen molar-refractivity contribution in [3.8, 4) is 0 Å². The fourth-order valence-electron chi connectivity index (χ4n) is 4.25. The average Bonchev–Trinajstić information content (AvgIpc) is 2.66. The number of nitrogens with zero attached hydrogens (tertiary/aromatic N) is 1. The zero-order valence-corrected chi connectivity index (χ0v) is 18.1. The molecule has 0 saturated carbocycles. The zero-order chi connectivity index (χ0) is 21.0. The molecule has 2 aromatic rings. The molecule has 0 N–H and O–H groups in total. The number of hydrogen-bond donors (Lipinski definition) is 0. The summed E-state index contributed by atoms with van der Waals surface area (Å²) in [5, 5.41) is 0.682. The van der Waals surface area contributed by atoms with Gasteiger partial charge in [-0.05, 0) is 68.5 Å². The highest BCUT2D eigenvalue weighted by Crippen LogP contribution is 2.32. The molecule has 0 unspecified atom stereocenters. The van der Waals surface area contributed by atoms with Crippen LogP contribution in [0.15, 0.2) is 48.5 Å². The van der Waals surface area contributed by atoms with Crippen molar-refractivity contribution in [2.45, 2.75) is 57.6 Å². The van der Waals surface area contributed by atoms with Crippen LogP contribution in [-0.4, -0.2) is 35.6 Å². The number of carbonyl (C=O) groups excluding carboxylic acids is 1. The van der Waals surface area contributed by atoms with Crippen molar-refractivity contribution in [1.82, 2.24) is 4.90 Å². The molecule has 2 atom stereocenters. The summed E-state index contributed by atoms with van der Waals surface area (Å²) in [5.41, 5.74) is 1.92. The van der Waals surface area contributed by atoms with Crippen molar-refractivity contribution < 1.29 is 13.9 Å². The SMILES string of the molecule is CC(=O)N(CC[C@H](c1ccc(F)cc1)c1ccc(Cl)cc1)[C@@H]1CCOC(C)(C)C1. The van der Waals surface area contributed by atoms with Crippen LogP contribution >= 0.6 is 11.6 Å². The lowest BCUT2D eigenvalue weighted by Gasteiger charge is -2.41. The minimum Gasteiger partial charge on any atom is -0.375 e. The molecule has 29 heavy (non-hydrogen) atoms. The van der Waals surface area contributed by atoms with E-state index in [4.69, 9.17) is 16.3 Å². The summed E-state index contributed by atoms with van der Waals surface area (Å²) in [7, 11) is 0. The molecule has 0 spiro atoms. The van der Waals surface area contributed by atoms with Crippen LogP contribution in [-0.2, 0) is 9.53 Å². The van der Waals surface area contributed by atoms with E-state index in [9.17, 15) is 9.18 Å². The maximum Gasteiger partial charge on any atom is 0.219 e. The van der Waals surface area contributed by atoms with E-state index in [0.29, 0.717) is 18.2 Å². The summed E-state index contributed by atoms with van der Waals surface area (Å²) in [5.74, 6) is -0.109. The summed E-state index contributed by atoms with van der Waals surface area (Å²) in [6.07, 6.45) is 2.44. The van der Waals surface area contributed by atoms with Crippen molar-refractivity contribution in [2.75, 3.05) is 13.2 Å². The van der Waals surface area contributed by atoms with Gasteiger partial charge >= 0.3 is 0 Å². The quantitative estimate of drug-likeness (QED) is 0.593. The predicted molar refractivity (Wildman–Crippen MR) is 115 cm³/mol. The Morgan fingerprint density at radius 3 is 2.31 bits per heavy atom. The first-order chi connectivity index (χ1) is 13.7. The van der Waals surface area contributed by atoms with Crippen LogP contribution in [0.3, 0.4) is 0 Å². The molecule has 156 valence electrons. The van der Waals surface area contributed by atoms with E-state index in [1.807, 2.05) is 41.3 Å². The molecule has 1 amide bonds. The maximum absolute atomic E-state index is 13.5. The van der Waals surface area contributed by atoms with Crippen molar-refractivity contribution >= 4 is 17.5 Å². The monoisotopic (exact) mass is 417 g/mol. The number of amides is 1. The molecule has 1 fully saturated rings. The molecule has 2 aromatic carbocycles. The average molecular weight is 418 g/mol. The second-order valence-corrected chi connectivity index (χ2v) is 8.85. The normalized spacial score (nSPS) is 19.6. The summed E-state index contributed by atoms with van der Waals surface area (Å²) < 4.78 is 19.3. The number of ether oxygens (including phenoxy) is 1. The first-order valence-electron chi connectivity index (χ1n) is 10.2. The Hall–Kier alpha value is -1.91. The highest BCUT2D eigenvalue weighted by atomic mass is 35.5. The van der Waals surface area contributed by atoms with E-state index in [2.05, 4.69) is 13.8 Å². The van der Waals surface area contributed by atoms with Crippen LogP contribution in [0.25, 0.3) is 0 Å². The second kappa shape index (κ2) is 9.27. The van der Waals surface area contributed by atoms with Crippen LogP contribution in [0, 0.1) is 5.82 Å². The van der Waals surface area contributed by atoms with Crippen LogP contribution in [0.1, 0.15) is 57.1 Å². The van der Waals surface area contributed by atoms with E-state index >= 15 is 0 Å². The van der Waals surface area contributed by atoms with Crippen LogP contribution in [0.5, 0.6) is 0 Å². The van der Waals surface area contributed by atoms with E-state index in [1.165, 1.54) is 12.1 Å². The molecular formula is C24H29ClFNO2. The van der Waals surface area contributed by atoms with Gasteiger partial charge in [0, 0.05) is 37.1 Å². The summed E-state index contributed by atoms with van der Waals surface area (Å²) >= 11 is 6.07.